The van der Waals surface area contributed by atoms with Gasteiger partial charge in [-0.05, 0) is 43.7 Å². The van der Waals surface area contributed by atoms with E-state index in [-0.39, 0.29) is 12.3 Å². The number of amides is 3. The van der Waals surface area contributed by atoms with Crippen LogP contribution in [0.4, 0.5) is 0 Å². The number of aromatic nitrogens is 1. The average molecular weight is 402 g/mol. The monoisotopic (exact) mass is 402 g/mol. The smallest absolute Gasteiger partial charge is 0.291 e. The standard InChI is InChI=1S/C21H30N4O4/c1-4-21(2,3)18(27)20(29)25-13-6-5-9-16(25)19(28)24-23-17(26)11-10-15-8-7-12-22-14-15/h7-8,12,14,16H,4-6,9-11,13H2,1-3H3,(H,23,26)(H,24,28). The maximum absolute atomic E-state index is 12.7. The van der Waals surface area contributed by atoms with E-state index in [1.807, 2.05) is 13.0 Å². The predicted molar refractivity (Wildman–Crippen MR) is 107 cm³/mol. The van der Waals surface area contributed by atoms with Crippen LogP contribution in [0.3, 0.4) is 0 Å². The molecule has 1 unspecified atom stereocenters. The number of aryl methyl sites for hydroxylation is 1. The summed E-state index contributed by atoms with van der Waals surface area (Å²) in [5.74, 6) is -1.92. The van der Waals surface area contributed by atoms with E-state index in [1.54, 1.807) is 32.3 Å². The largest absolute Gasteiger partial charge is 0.324 e. The summed E-state index contributed by atoms with van der Waals surface area (Å²) in [6, 6.07) is 2.91. The quantitative estimate of drug-likeness (QED) is 0.531. The van der Waals surface area contributed by atoms with Crippen molar-refractivity contribution >= 4 is 23.5 Å². The molecule has 0 aromatic carbocycles. The number of Topliss-reactive ketones (excluding diaryl/α,β-unsaturated/α-hetero) is 1. The van der Waals surface area contributed by atoms with E-state index in [2.05, 4.69) is 15.8 Å². The number of nitrogens with zero attached hydrogens (tertiary/aromatic N) is 2. The van der Waals surface area contributed by atoms with Gasteiger partial charge in [0.05, 0.1) is 0 Å². The van der Waals surface area contributed by atoms with Crippen molar-refractivity contribution in [3.05, 3.63) is 30.1 Å². The number of carbonyl (C=O) groups excluding carboxylic acids is 4. The van der Waals surface area contributed by atoms with Gasteiger partial charge < -0.3 is 4.90 Å². The molecular weight excluding hydrogens is 372 g/mol. The van der Waals surface area contributed by atoms with Crippen LogP contribution in [0.5, 0.6) is 0 Å². The van der Waals surface area contributed by atoms with Gasteiger partial charge in [-0.3, -0.25) is 35.0 Å². The Kier molecular flexibility index (Phi) is 7.87. The Morgan fingerprint density at radius 3 is 2.62 bits per heavy atom. The van der Waals surface area contributed by atoms with Gasteiger partial charge in [0.1, 0.15) is 6.04 Å². The Hall–Kier alpha value is -2.77. The maximum Gasteiger partial charge on any atom is 0.291 e. The molecule has 8 nitrogen and oxygen atoms in total. The summed E-state index contributed by atoms with van der Waals surface area (Å²) >= 11 is 0. The summed E-state index contributed by atoms with van der Waals surface area (Å²) in [6.45, 7) is 5.67. The molecule has 1 atom stereocenters. The average Bonchev–Trinajstić information content (AvgIpc) is 2.75. The van der Waals surface area contributed by atoms with Gasteiger partial charge >= 0.3 is 0 Å². The Morgan fingerprint density at radius 1 is 1.21 bits per heavy atom. The van der Waals surface area contributed by atoms with Gasteiger partial charge in [-0.1, -0.05) is 26.8 Å². The van der Waals surface area contributed by atoms with E-state index in [0.717, 1.165) is 18.4 Å². The number of likely N-dealkylation sites (tertiary alicyclic amines) is 1. The minimum atomic E-state index is -0.768. The van der Waals surface area contributed by atoms with Gasteiger partial charge in [0, 0.05) is 30.8 Å². The van der Waals surface area contributed by atoms with Crippen molar-refractivity contribution in [2.24, 2.45) is 5.41 Å². The highest BCUT2D eigenvalue weighted by Gasteiger charge is 2.39. The summed E-state index contributed by atoms with van der Waals surface area (Å²) in [5, 5.41) is 0. The summed E-state index contributed by atoms with van der Waals surface area (Å²) in [6.07, 6.45) is 6.57. The summed E-state index contributed by atoms with van der Waals surface area (Å²) < 4.78 is 0. The molecule has 1 aliphatic rings. The van der Waals surface area contributed by atoms with Crippen LogP contribution in [0, 0.1) is 5.41 Å². The number of ketones is 1. The van der Waals surface area contributed by atoms with Crippen LogP contribution in [-0.2, 0) is 25.6 Å². The van der Waals surface area contributed by atoms with Gasteiger partial charge in [-0.25, -0.2) is 0 Å². The van der Waals surface area contributed by atoms with Crippen LogP contribution in [-0.4, -0.2) is 46.0 Å². The first-order chi connectivity index (χ1) is 13.8. The van der Waals surface area contributed by atoms with Crippen LogP contribution in [0.25, 0.3) is 0 Å². The number of pyridine rings is 1. The van der Waals surface area contributed by atoms with Crippen molar-refractivity contribution in [1.29, 1.82) is 0 Å². The van der Waals surface area contributed by atoms with Gasteiger partial charge in [0.15, 0.2) is 0 Å². The first kappa shape index (κ1) is 22.5. The number of nitrogens with one attached hydrogen (secondary N) is 2. The molecule has 0 spiro atoms. The lowest BCUT2D eigenvalue weighted by atomic mass is 9.84. The molecule has 1 fully saturated rings. The van der Waals surface area contributed by atoms with Gasteiger partial charge in [0.2, 0.25) is 11.7 Å². The van der Waals surface area contributed by atoms with Crippen LogP contribution in [0.2, 0.25) is 0 Å². The number of hydrazine groups is 1. The summed E-state index contributed by atoms with van der Waals surface area (Å²) in [7, 11) is 0. The Labute approximate surface area is 171 Å². The fourth-order valence-corrected chi connectivity index (χ4v) is 3.11. The fraction of sp³-hybridized carbons (Fsp3) is 0.571. The van der Waals surface area contributed by atoms with Crippen LogP contribution in [0.1, 0.15) is 58.4 Å². The van der Waals surface area contributed by atoms with E-state index in [4.69, 9.17) is 0 Å². The van der Waals surface area contributed by atoms with Gasteiger partial charge in [0.25, 0.3) is 11.8 Å². The number of piperidine rings is 1. The first-order valence-corrected chi connectivity index (χ1v) is 10.1. The molecular formula is C21H30N4O4. The molecule has 0 aliphatic carbocycles. The van der Waals surface area contributed by atoms with Crippen molar-refractivity contribution in [3.63, 3.8) is 0 Å². The highest BCUT2D eigenvalue weighted by Crippen LogP contribution is 2.25. The maximum atomic E-state index is 12.7. The molecule has 1 saturated heterocycles. The lowest BCUT2D eigenvalue weighted by molar-refractivity contribution is -0.154. The molecule has 29 heavy (non-hydrogen) atoms. The first-order valence-electron chi connectivity index (χ1n) is 10.1. The number of carbonyl (C=O) groups is 4. The number of rotatable bonds is 7. The summed E-state index contributed by atoms with van der Waals surface area (Å²) in [4.78, 5) is 55.2. The Balaban J connectivity index is 1.91. The normalized spacial score (nSPS) is 16.8. The van der Waals surface area contributed by atoms with Crippen LogP contribution < -0.4 is 10.9 Å². The van der Waals surface area contributed by atoms with Crippen LogP contribution >= 0.6 is 0 Å². The van der Waals surface area contributed by atoms with E-state index < -0.39 is 29.1 Å². The van der Waals surface area contributed by atoms with Crippen molar-refractivity contribution in [2.75, 3.05) is 6.54 Å². The third kappa shape index (κ3) is 6.10. The molecule has 1 aromatic rings. The molecule has 2 rings (SSSR count). The second-order valence-corrected chi connectivity index (χ2v) is 7.98. The highest BCUT2D eigenvalue weighted by molar-refractivity contribution is 6.38. The molecule has 158 valence electrons. The molecule has 3 amide bonds. The SMILES string of the molecule is CCC(C)(C)C(=O)C(=O)N1CCCCC1C(=O)NNC(=O)CCc1cccnc1. The topological polar surface area (TPSA) is 108 Å². The van der Waals surface area contributed by atoms with E-state index >= 15 is 0 Å². The zero-order valence-corrected chi connectivity index (χ0v) is 17.4. The second kappa shape index (κ2) is 10.1. The lowest BCUT2D eigenvalue weighted by Crippen LogP contribution is -2.57. The molecule has 2 heterocycles. The van der Waals surface area contributed by atoms with E-state index in [9.17, 15) is 19.2 Å². The van der Waals surface area contributed by atoms with Gasteiger partial charge in [-0.2, -0.15) is 0 Å². The van der Waals surface area contributed by atoms with Crippen LogP contribution in [0.15, 0.2) is 24.5 Å². The highest BCUT2D eigenvalue weighted by atomic mass is 16.2. The Bertz CT molecular complexity index is 748. The molecule has 1 aliphatic heterocycles. The van der Waals surface area contributed by atoms with E-state index in [0.29, 0.717) is 25.8 Å². The zero-order chi connectivity index (χ0) is 21.4. The third-order valence-electron chi connectivity index (χ3n) is 5.45. The minimum absolute atomic E-state index is 0.197. The molecule has 8 heteroatoms. The van der Waals surface area contributed by atoms with Crippen molar-refractivity contribution < 1.29 is 19.2 Å². The predicted octanol–water partition coefficient (Wildman–Crippen LogP) is 1.55. The number of hydrogen-bond acceptors (Lipinski definition) is 5. The third-order valence-corrected chi connectivity index (χ3v) is 5.45. The lowest BCUT2D eigenvalue weighted by Gasteiger charge is -2.35. The molecule has 0 bridgehead atoms. The van der Waals surface area contributed by atoms with Crippen molar-refractivity contribution in [2.45, 2.75) is 65.3 Å². The van der Waals surface area contributed by atoms with Crippen molar-refractivity contribution in [1.82, 2.24) is 20.7 Å². The van der Waals surface area contributed by atoms with E-state index in [1.165, 1.54) is 4.90 Å². The fourth-order valence-electron chi connectivity index (χ4n) is 3.11. The molecule has 1 aromatic heterocycles. The molecule has 0 saturated carbocycles. The molecule has 0 radical (unpaired) electrons. The van der Waals surface area contributed by atoms with Gasteiger partial charge in [-0.15, -0.1) is 0 Å². The summed E-state index contributed by atoms with van der Waals surface area (Å²) in [5.41, 5.74) is 4.96. The zero-order valence-electron chi connectivity index (χ0n) is 17.4. The van der Waals surface area contributed by atoms with Crippen molar-refractivity contribution in [3.8, 4) is 0 Å². The second-order valence-electron chi connectivity index (χ2n) is 7.98. The minimum Gasteiger partial charge on any atom is -0.324 e. The number of hydrogen-bond donors (Lipinski definition) is 2. The molecule has 2 N–H and O–H groups in total. The Morgan fingerprint density at radius 2 is 1.97 bits per heavy atom.